The van der Waals surface area contributed by atoms with Gasteiger partial charge in [0, 0.05) is 44.1 Å². The van der Waals surface area contributed by atoms with Gasteiger partial charge in [-0.05, 0) is 41.7 Å². The molecule has 0 bridgehead atoms. The Morgan fingerprint density at radius 3 is 2.66 bits per heavy atom. The molecular formula is C23H30N4O2. The van der Waals surface area contributed by atoms with Crippen molar-refractivity contribution in [2.24, 2.45) is 0 Å². The SMILES string of the molecule is Nc1cccc2c1CCCN2CC(=O)NCc1ccccc1CN1CCOCC1. The van der Waals surface area contributed by atoms with Crippen LogP contribution < -0.4 is 16.0 Å². The molecule has 0 spiro atoms. The van der Waals surface area contributed by atoms with E-state index in [0.29, 0.717) is 13.1 Å². The minimum atomic E-state index is 0.0430. The molecule has 1 amide bonds. The first-order valence-electron chi connectivity index (χ1n) is 10.5. The molecule has 0 aliphatic carbocycles. The van der Waals surface area contributed by atoms with Crippen molar-refractivity contribution in [3.8, 4) is 0 Å². The van der Waals surface area contributed by atoms with Gasteiger partial charge >= 0.3 is 0 Å². The lowest BCUT2D eigenvalue weighted by Crippen LogP contribution is -2.40. The molecule has 2 aromatic rings. The molecule has 0 unspecified atom stereocenters. The highest BCUT2D eigenvalue weighted by Gasteiger charge is 2.20. The van der Waals surface area contributed by atoms with Gasteiger partial charge in [0.25, 0.3) is 0 Å². The van der Waals surface area contributed by atoms with E-state index < -0.39 is 0 Å². The Morgan fingerprint density at radius 1 is 1.03 bits per heavy atom. The largest absolute Gasteiger partial charge is 0.398 e. The third-order valence-corrected chi connectivity index (χ3v) is 5.81. The van der Waals surface area contributed by atoms with E-state index in [1.165, 1.54) is 16.7 Å². The number of nitrogens with zero attached hydrogens (tertiary/aromatic N) is 2. The van der Waals surface area contributed by atoms with Crippen molar-refractivity contribution >= 4 is 17.3 Å². The number of anilines is 2. The molecule has 154 valence electrons. The average molecular weight is 395 g/mol. The smallest absolute Gasteiger partial charge is 0.239 e. The van der Waals surface area contributed by atoms with Crippen molar-refractivity contribution in [3.63, 3.8) is 0 Å². The first-order valence-corrected chi connectivity index (χ1v) is 10.5. The van der Waals surface area contributed by atoms with Crippen molar-refractivity contribution in [1.82, 2.24) is 10.2 Å². The van der Waals surface area contributed by atoms with E-state index in [1.54, 1.807) is 0 Å². The van der Waals surface area contributed by atoms with Gasteiger partial charge in [0.05, 0.1) is 19.8 Å². The number of amides is 1. The third kappa shape index (κ3) is 4.89. The van der Waals surface area contributed by atoms with E-state index >= 15 is 0 Å². The average Bonchev–Trinajstić information content (AvgIpc) is 2.75. The second kappa shape index (κ2) is 9.29. The Kier molecular flexibility index (Phi) is 6.32. The highest BCUT2D eigenvalue weighted by Crippen LogP contribution is 2.30. The molecule has 29 heavy (non-hydrogen) atoms. The Balaban J connectivity index is 1.36. The summed E-state index contributed by atoms with van der Waals surface area (Å²) in [5.74, 6) is 0.0430. The number of morpholine rings is 1. The normalized spacial score (nSPS) is 17.0. The number of nitrogens with two attached hydrogens (primary N) is 1. The van der Waals surface area contributed by atoms with Crippen LogP contribution in [0.15, 0.2) is 42.5 Å². The van der Waals surface area contributed by atoms with Crippen LogP contribution in [-0.2, 0) is 29.0 Å². The lowest BCUT2D eigenvalue weighted by Gasteiger charge is -2.31. The van der Waals surface area contributed by atoms with Crippen molar-refractivity contribution in [2.75, 3.05) is 50.0 Å². The lowest BCUT2D eigenvalue weighted by molar-refractivity contribution is -0.119. The fraction of sp³-hybridized carbons (Fsp3) is 0.435. The number of carbonyl (C=O) groups excluding carboxylic acids is 1. The molecule has 0 radical (unpaired) electrons. The summed E-state index contributed by atoms with van der Waals surface area (Å²) in [6.45, 7) is 6.20. The molecule has 6 nitrogen and oxygen atoms in total. The molecule has 0 atom stereocenters. The van der Waals surface area contributed by atoms with Crippen LogP contribution in [0.5, 0.6) is 0 Å². The quantitative estimate of drug-likeness (QED) is 0.735. The topological polar surface area (TPSA) is 70.8 Å². The van der Waals surface area contributed by atoms with Crippen LogP contribution in [0.2, 0.25) is 0 Å². The summed E-state index contributed by atoms with van der Waals surface area (Å²) < 4.78 is 5.44. The number of carbonyl (C=O) groups is 1. The summed E-state index contributed by atoms with van der Waals surface area (Å²) in [7, 11) is 0. The summed E-state index contributed by atoms with van der Waals surface area (Å²) in [6, 6.07) is 14.3. The molecule has 1 saturated heterocycles. The highest BCUT2D eigenvalue weighted by molar-refractivity contribution is 5.82. The fourth-order valence-electron chi connectivity index (χ4n) is 4.20. The summed E-state index contributed by atoms with van der Waals surface area (Å²) in [6.07, 6.45) is 2.01. The van der Waals surface area contributed by atoms with Gasteiger partial charge in [-0.25, -0.2) is 0 Å². The van der Waals surface area contributed by atoms with Gasteiger partial charge in [0.1, 0.15) is 0 Å². The zero-order valence-electron chi connectivity index (χ0n) is 16.9. The number of rotatable bonds is 6. The summed E-state index contributed by atoms with van der Waals surface area (Å²) in [5.41, 5.74) is 11.7. The predicted molar refractivity (Wildman–Crippen MR) is 116 cm³/mol. The van der Waals surface area contributed by atoms with Crippen LogP contribution >= 0.6 is 0 Å². The van der Waals surface area contributed by atoms with Gasteiger partial charge in [-0.3, -0.25) is 9.69 Å². The second-order valence-electron chi connectivity index (χ2n) is 7.80. The minimum absolute atomic E-state index is 0.0430. The molecule has 0 saturated carbocycles. The van der Waals surface area contributed by atoms with Crippen LogP contribution in [-0.4, -0.2) is 50.2 Å². The third-order valence-electron chi connectivity index (χ3n) is 5.81. The molecule has 2 aliphatic heterocycles. The number of fused-ring (bicyclic) bond motifs is 1. The Bertz CT molecular complexity index is 849. The maximum absolute atomic E-state index is 12.7. The Hall–Kier alpha value is -2.57. The van der Waals surface area contributed by atoms with Crippen LogP contribution in [0.25, 0.3) is 0 Å². The van der Waals surface area contributed by atoms with E-state index in [-0.39, 0.29) is 5.91 Å². The second-order valence-corrected chi connectivity index (χ2v) is 7.80. The van der Waals surface area contributed by atoms with Crippen LogP contribution in [0.3, 0.4) is 0 Å². The van der Waals surface area contributed by atoms with Gasteiger partial charge in [0.2, 0.25) is 5.91 Å². The standard InChI is InChI=1S/C23H30N4O2/c24-21-8-3-9-22-20(21)7-4-10-27(22)17-23(28)25-15-18-5-1-2-6-19(18)16-26-11-13-29-14-12-26/h1-3,5-6,8-9H,4,7,10-17,24H2,(H,25,28). The van der Waals surface area contributed by atoms with E-state index in [2.05, 4.69) is 39.4 Å². The predicted octanol–water partition coefficient (Wildman–Crippen LogP) is 2.17. The van der Waals surface area contributed by atoms with E-state index in [9.17, 15) is 4.79 Å². The van der Waals surface area contributed by atoms with Gasteiger partial charge < -0.3 is 20.7 Å². The van der Waals surface area contributed by atoms with Crippen LogP contribution in [0.4, 0.5) is 11.4 Å². The molecule has 2 aromatic carbocycles. The zero-order chi connectivity index (χ0) is 20.1. The molecule has 2 heterocycles. The summed E-state index contributed by atoms with van der Waals surface area (Å²) in [4.78, 5) is 17.2. The summed E-state index contributed by atoms with van der Waals surface area (Å²) >= 11 is 0. The number of nitrogens with one attached hydrogen (secondary N) is 1. The van der Waals surface area contributed by atoms with Crippen molar-refractivity contribution in [3.05, 3.63) is 59.2 Å². The van der Waals surface area contributed by atoms with Gasteiger partial charge in [0.15, 0.2) is 0 Å². The van der Waals surface area contributed by atoms with Crippen molar-refractivity contribution in [2.45, 2.75) is 25.9 Å². The molecule has 1 fully saturated rings. The monoisotopic (exact) mass is 394 g/mol. The number of ether oxygens (including phenoxy) is 1. The lowest BCUT2D eigenvalue weighted by atomic mass is 10.00. The number of hydrogen-bond acceptors (Lipinski definition) is 5. The number of nitrogen functional groups attached to an aromatic ring is 1. The molecule has 2 aliphatic rings. The van der Waals surface area contributed by atoms with Crippen LogP contribution in [0.1, 0.15) is 23.1 Å². The maximum Gasteiger partial charge on any atom is 0.239 e. The van der Waals surface area contributed by atoms with E-state index in [4.69, 9.17) is 10.5 Å². The van der Waals surface area contributed by atoms with E-state index in [0.717, 1.165) is 63.6 Å². The first-order chi connectivity index (χ1) is 14.2. The Morgan fingerprint density at radius 2 is 1.83 bits per heavy atom. The molecule has 4 rings (SSSR count). The molecule has 0 aromatic heterocycles. The van der Waals surface area contributed by atoms with Gasteiger partial charge in [-0.1, -0.05) is 30.3 Å². The van der Waals surface area contributed by atoms with Crippen LogP contribution in [0, 0.1) is 0 Å². The molecule has 3 N–H and O–H groups in total. The zero-order valence-corrected chi connectivity index (χ0v) is 16.9. The summed E-state index contributed by atoms with van der Waals surface area (Å²) in [5, 5.41) is 3.11. The number of benzene rings is 2. The first kappa shape index (κ1) is 19.7. The molecular weight excluding hydrogens is 364 g/mol. The Labute approximate surface area is 172 Å². The van der Waals surface area contributed by atoms with Crippen molar-refractivity contribution < 1.29 is 9.53 Å². The van der Waals surface area contributed by atoms with Gasteiger partial charge in [-0.15, -0.1) is 0 Å². The minimum Gasteiger partial charge on any atom is -0.398 e. The van der Waals surface area contributed by atoms with Gasteiger partial charge in [-0.2, -0.15) is 0 Å². The molecule has 6 heteroatoms. The van der Waals surface area contributed by atoms with E-state index in [1.807, 2.05) is 18.2 Å². The van der Waals surface area contributed by atoms with Crippen molar-refractivity contribution in [1.29, 1.82) is 0 Å². The maximum atomic E-state index is 12.7. The highest BCUT2D eigenvalue weighted by atomic mass is 16.5. The number of hydrogen-bond donors (Lipinski definition) is 2. The fourth-order valence-corrected chi connectivity index (χ4v) is 4.20.